The number of hydrogen-bond donors (Lipinski definition) is 0. The van der Waals surface area contributed by atoms with Crippen LogP contribution in [0, 0.1) is 0 Å². The molecule has 0 atom stereocenters. The van der Waals surface area contributed by atoms with E-state index in [2.05, 4.69) is 4.90 Å². The topological polar surface area (TPSA) is 49.9 Å². The number of piperazine rings is 1. The number of hydrogen-bond acceptors (Lipinski definition) is 4. The van der Waals surface area contributed by atoms with Crippen LogP contribution in [0.15, 0.2) is 18.2 Å². The van der Waals surface area contributed by atoms with Crippen LogP contribution in [0.4, 0.5) is 5.69 Å². The first-order valence-electron chi connectivity index (χ1n) is 7.04. The Hall–Kier alpha value is -0.980. The van der Waals surface area contributed by atoms with Gasteiger partial charge in [0.1, 0.15) is 5.75 Å². The first-order chi connectivity index (χ1) is 9.97. The third-order valence-electron chi connectivity index (χ3n) is 3.59. The lowest BCUT2D eigenvalue weighted by Gasteiger charge is -2.35. The molecule has 7 heteroatoms. The summed E-state index contributed by atoms with van der Waals surface area (Å²) < 4.78 is 30.8. The predicted molar refractivity (Wildman–Crippen MR) is 85.9 cm³/mol. The summed E-state index contributed by atoms with van der Waals surface area (Å²) in [6.07, 6.45) is 0.649. The predicted octanol–water partition coefficient (Wildman–Crippen LogP) is 2.21. The Morgan fingerprint density at radius 1 is 1.24 bits per heavy atom. The number of benzene rings is 1. The van der Waals surface area contributed by atoms with E-state index in [1.807, 2.05) is 25.1 Å². The van der Waals surface area contributed by atoms with E-state index in [0.29, 0.717) is 43.4 Å². The summed E-state index contributed by atoms with van der Waals surface area (Å²) in [5.74, 6) is 0.867. The van der Waals surface area contributed by atoms with Crippen molar-refractivity contribution in [2.24, 2.45) is 0 Å². The number of nitrogens with zero attached hydrogens (tertiary/aromatic N) is 2. The maximum Gasteiger partial charge on any atom is 0.214 e. The molecule has 0 radical (unpaired) electrons. The minimum Gasteiger partial charge on any atom is -0.495 e. The zero-order chi connectivity index (χ0) is 15.5. The lowest BCUT2D eigenvalue weighted by atomic mass is 10.2. The smallest absolute Gasteiger partial charge is 0.214 e. The first-order valence-corrected chi connectivity index (χ1v) is 9.03. The molecule has 0 saturated carbocycles. The average molecular weight is 333 g/mol. The van der Waals surface area contributed by atoms with E-state index in [1.165, 1.54) is 0 Å². The highest BCUT2D eigenvalue weighted by Crippen LogP contribution is 2.29. The van der Waals surface area contributed by atoms with Crippen molar-refractivity contribution in [1.29, 1.82) is 0 Å². The Morgan fingerprint density at radius 2 is 1.90 bits per heavy atom. The van der Waals surface area contributed by atoms with E-state index in [0.717, 1.165) is 5.69 Å². The summed E-state index contributed by atoms with van der Waals surface area (Å²) in [7, 11) is -1.52. The Bertz CT molecular complexity index is 584. The van der Waals surface area contributed by atoms with Crippen molar-refractivity contribution in [1.82, 2.24) is 4.31 Å². The molecule has 1 heterocycles. The molecule has 0 amide bonds. The average Bonchev–Trinajstić information content (AvgIpc) is 2.47. The van der Waals surface area contributed by atoms with Crippen LogP contribution in [0.1, 0.15) is 13.3 Å². The van der Waals surface area contributed by atoms with Crippen molar-refractivity contribution in [2.75, 3.05) is 43.9 Å². The summed E-state index contributed by atoms with van der Waals surface area (Å²) in [5.41, 5.74) is 0.994. The molecule has 0 spiro atoms. The number of methoxy groups -OCH3 is 1. The van der Waals surface area contributed by atoms with Gasteiger partial charge in [-0.15, -0.1) is 0 Å². The van der Waals surface area contributed by atoms with E-state index < -0.39 is 10.0 Å². The van der Waals surface area contributed by atoms with E-state index in [4.69, 9.17) is 16.3 Å². The molecule has 118 valence electrons. The summed E-state index contributed by atoms with van der Waals surface area (Å²) in [5, 5.41) is 0.566. The molecule has 21 heavy (non-hydrogen) atoms. The van der Waals surface area contributed by atoms with E-state index >= 15 is 0 Å². The van der Waals surface area contributed by atoms with Crippen molar-refractivity contribution >= 4 is 27.3 Å². The lowest BCUT2D eigenvalue weighted by Crippen LogP contribution is -2.49. The second kappa shape index (κ2) is 6.85. The second-order valence-corrected chi connectivity index (χ2v) is 7.52. The minimum absolute atomic E-state index is 0.224. The number of rotatable bonds is 5. The minimum atomic E-state index is -3.10. The molecule has 1 fully saturated rings. The van der Waals surface area contributed by atoms with Gasteiger partial charge in [0.15, 0.2) is 0 Å². The maximum absolute atomic E-state index is 12.0. The largest absolute Gasteiger partial charge is 0.495 e. The van der Waals surface area contributed by atoms with Crippen molar-refractivity contribution in [3.8, 4) is 5.75 Å². The highest BCUT2D eigenvalue weighted by molar-refractivity contribution is 7.89. The normalized spacial score (nSPS) is 17.0. The molecular formula is C14H21ClN2O3S. The fourth-order valence-corrected chi connectivity index (χ4v) is 4.21. The molecule has 0 unspecified atom stereocenters. The summed E-state index contributed by atoms with van der Waals surface area (Å²) in [4.78, 5) is 2.14. The molecule has 0 aliphatic carbocycles. The molecule has 0 N–H and O–H groups in total. The third kappa shape index (κ3) is 3.81. The molecule has 1 aromatic rings. The van der Waals surface area contributed by atoms with Gasteiger partial charge >= 0.3 is 0 Å². The number of anilines is 1. The highest BCUT2D eigenvalue weighted by atomic mass is 35.5. The van der Waals surface area contributed by atoms with Crippen LogP contribution < -0.4 is 9.64 Å². The standard InChI is InChI=1S/C14H21ClN2O3S/c1-3-10-21(18,19)17-8-6-16(7-9-17)12-4-5-14(20-2)13(15)11-12/h4-5,11H,3,6-10H2,1-2H3. The highest BCUT2D eigenvalue weighted by Gasteiger charge is 2.26. The van der Waals surface area contributed by atoms with Crippen LogP contribution in [-0.4, -0.2) is 51.8 Å². The zero-order valence-corrected chi connectivity index (χ0v) is 14.0. The molecule has 1 aliphatic rings. The second-order valence-electron chi connectivity index (χ2n) is 5.02. The van der Waals surface area contributed by atoms with Crippen molar-refractivity contribution < 1.29 is 13.2 Å². The quantitative estimate of drug-likeness (QED) is 0.829. The van der Waals surface area contributed by atoms with E-state index in [9.17, 15) is 8.42 Å². The fourth-order valence-electron chi connectivity index (χ4n) is 2.46. The molecule has 2 rings (SSSR count). The Morgan fingerprint density at radius 3 is 2.43 bits per heavy atom. The van der Waals surface area contributed by atoms with Crippen LogP contribution >= 0.6 is 11.6 Å². The van der Waals surface area contributed by atoms with Gasteiger partial charge in [-0.2, -0.15) is 4.31 Å². The Balaban J connectivity index is 2.03. The van der Waals surface area contributed by atoms with E-state index in [1.54, 1.807) is 11.4 Å². The fraction of sp³-hybridized carbons (Fsp3) is 0.571. The van der Waals surface area contributed by atoms with Gasteiger partial charge in [0.2, 0.25) is 10.0 Å². The van der Waals surface area contributed by atoms with Crippen LogP contribution in [0.5, 0.6) is 5.75 Å². The van der Waals surface area contributed by atoms with Crippen LogP contribution in [0.25, 0.3) is 0 Å². The SMILES string of the molecule is CCCS(=O)(=O)N1CCN(c2ccc(OC)c(Cl)c2)CC1. The summed E-state index contributed by atoms with van der Waals surface area (Å²) >= 11 is 6.13. The lowest BCUT2D eigenvalue weighted by molar-refractivity contribution is 0.384. The van der Waals surface area contributed by atoms with Gasteiger partial charge in [0, 0.05) is 31.9 Å². The first kappa shape index (κ1) is 16.4. The molecule has 0 bridgehead atoms. The van der Waals surface area contributed by atoms with Crippen LogP contribution in [0.3, 0.4) is 0 Å². The summed E-state index contributed by atoms with van der Waals surface area (Å²) in [6, 6.07) is 5.63. The monoisotopic (exact) mass is 332 g/mol. The number of ether oxygens (including phenoxy) is 1. The Kier molecular flexibility index (Phi) is 5.35. The van der Waals surface area contributed by atoms with Gasteiger partial charge in [-0.05, 0) is 24.6 Å². The van der Waals surface area contributed by atoms with Gasteiger partial charge in [0.25, 0.3) is 0 Å². The van der Waals surface area contributed by atoms with Crippen molar-refractivity contribution in [3.63, 3.8) is 0 Å². The zero-order valence-electron chi connectivity index (χ0n) is 12.4. The summed E-state index contributed by atoms with van der Waals surface area (Å²) in [6.45, 7) is 4.27. The molecule has 5 nitrogen and oxygen atoms in total. The number of halogens is 1. The molecule has 1 aromatic carbocycles. The van der Waals surface area contributed by atoms with Crippen LogP contribution in [-0.2, 0) is 10.0 Å². The van der Waals surface area contributed by atoms with Gasteiger partial charge < -0.3 is 9.64 Å². The van der Waals surface area contributed by atoms with Gasteiger partial charge in [-0.1, -0.05) is 18.5 Å². The molecule has 0 aromatic heterocycles. The Labute approximate surface area is 131 Å². The van der Waals surface area contributed by atoms with E-state index in [-0.39, 0.29) is 5.75 Å². The van der Waals surface area contributed by atoms with Gasteiger partial charge in [-0.25, -0.2) is 8.42 Å². The molecule has 1 aliphatic heterocycles. The maximum atomic E-state index is 12.0. The molecule has 1 saturated heterocycles. The van der Waals surface area contributed by atoms with Crippen molar-refractivity contribution in [3.05, 3.63) is 23.2 Å². The number of sulfonamides is 1. The third-order valence-corrected chi connectivity index (χ3v) is 5.97. The van der Waals surface area contributed by atoms with Crippen LogP contribution in [0.2, 0.25) is 5.02 Å². The van der Waals surface area contributed by atoms with Crippen molar-refractivity contribution in [2.45, 2.75) is 13.3 Å². The van der Waals surface area contributed by atoms with Gasteiger partial charge in [-0.3, -0.25) is 0 Å². The van der Waals surface area contributed by atoms with Gasteiger partial charge in [0.05, 0.1) is 17.9 Å². The molecular weight excluding hydrogens is 312 g/mol.